The van der Waals surface area contributed by atoms with E-state index in [1.54, 1.807) is 0 Å². The van der Waals surface area contributed by atoms with Crippen LogP contribution in [-0.4, -0.2) is 34.9 Å². The minimum atomic E-state index is -2.81. The molecule has 0 aliphatic heterocycles. The minimum Gasteiger partial charge on any atom is -0.465 e. The third-order valence-electron chi connectivity index (χ3n) is 1.87. The number of halogens is 2. The fraction of sp³-hybridized carbons (Fsp3) is 0.833. The van der Waals surface area contributed by atoms with Crippen LogP contribution in [0.1, 0.15) is 6.42 Å². The van der Waals surface area contributed by atoms with E-state index < -0.39 is 30.6 Å². The van der Waals surface area contributed by atoms with Crippen molar-refractivity contribution < 1.29 is 23.8 Å². The summed E-state index contributed by atoms with van der Waals surface area (Å²) < 4.78 is 24.7. The summed E-state index contributed by atoms with van der Waals surface area (Å²) in [5.41, 5.74) is 0. The maximum atomic E-state index is 12.3. The Bertz CT molecular complexity index is 197. The smallest absolute Gasteiger partial charge is 0.404 e. The van der Waals surface area contributed by atoms with Crippen molar-refractivity contribution in [1.29, 1.82) is 0 Å². The van der Waals surface area contributed by atoms with Crippen LogP contribution in [0.25, 0.3) is 0 Å². The molecule has 0 aromatic carbocycles. The number of carboxylic acid groups (broad SMARTS) is 1. The highest BCUT2D eigenvalue weighted by molar-refractivity contribution is 5.65. The van der Waals surface area contributed by atoms with Gasteiger partial charge < -0.3 is 15.5 Å². The molecule has 1 unspecified atom stereocenters. The van der Waals surface area contributed by atoms with E-state index in [-0.39, 0.29) is 6.42 Å². The second kappa shape index (κ2) is 2.85. The van der Waals surface area contributed by atoms with Crippen molar-refractivity contribution in [2.24, 2.45) is 5.92 Å². The highest BCUT2D eigenvalue weighted by Crippen LogP contribution is 2.50. The molecule has 0 radical (unpaired) electrons. The van der Waals surface area contributed by atoms with Crippen LogP contribution in [0.3, 0.4) is 0 Å². The van der Waals surface area contributed by atoms with Crippen molar-refractivity contribution in [3.63, 3.8) is 0 Å². The molecule has 1 rings (SSSR count). The van der Waals surface area contributed by atoms with E-state index in [1.165, 1.54) is 0 Å². The topological polar surface area (TPSA) is 69.6 Å². The summed E-state index contributed by atoms with van der Waals surface area (Å²) >= 11 is 0. The molecule has 1 aliphatic rings. The summed E-state index contributed by atoms with van der Waals surface area (Å²) in [5.74, 6) is -3.85. The molecule has 3 N–H and O–H groups in total. The van der Waals surface area contributed by atoms with Gasteiger partial charge in [-0.25, -0.2) is 13.6 Å². The molecule has 12 heavy (non-hydrogen) atoms. The first-order chi connectivity index (χ1) is 5.47. The molecule has 0 aromatic heterocycles. The zero-order valence-corrected chi connectivity index (χ0v) is 6.13. The van der Waals surface area contributed by atoms with E-state index in [0.29, 0.717) is 0 Å². The lowest BCUT2D eigenvalue weighted by molar-refractivity contribution is 0.0797. The van der Waals surface area contributed by atoms with Crippen molar-refractivity contribution in [2.45, 2.75) is 18.4 Å². The number of aliphatic hydroxyl groups is 1. The molecule has 4 nitrogen and oxygen atoms in total. The van der Waals surface area contributed by atoms with Crippen LogP contribution in [0, 0.1) is 5.92 Å². The Morgan fingerprint density at radius 3 is 2.50 bits per heavy atom. The van der Waals surface area contributed by atoms with Crippen molar-refractivity contribution in [3.05, 3.63) is 0 Å². The van der Waals surface area contributed by atoms with Crippen LogP contribution in [0.4, 0.5) is 13.6 Å². The van der Waals surface area contributed by atoms with Gasteiger partial charge in [-0.3, -0.25) is 0 Å². The van der Waals surface area contributed by atoms with E-state index in [9.17, 15) is 13.6 Å². The fourth-order valence-electron chi connectivity index (χ4n) is 1.10. The Morgan fingerprint density at radius 1 is 1.75 bits per heavy atom. The Kier molecular flexibility index (Phi) is 2.18. The SMILES string of the molecule is O=C(O)N[C@H](CO)C1CC1(F)F. The monoisotopic (exact) mass is 181 g/mol. The number of alkyl halides is 2. The number of hydrogen-bond acceptors (Lipinski definition) is 2. The van der Waals surface area contributed by atoms with Gasteiger partial charge in [0.15, 0.2) is 0 Å². The first-order valence-corrected chi connectivity index (χ1v) is 3.45. The highest BCUT2D eigenvalue weighted by Gasteiger charge is 2.60. The Balaban J connectivity index is 2.43. The molecule has 1 fully saturated rings. The van der Waals surface area contributed by atoms with Crippen molar-refractivity contribution in [2.75, 3.05) is 6.61 Å². The van der Waals surface area contributed by atoms with Crippen LogP contribution in [0.5, 0.6) is 0 Å². The standard InChI is InChI=1S/C6H9F2NO3/c7-6(8)1-3(6)4(2-10)9-5(11)12/h3-4,9-10H,1-2H2,(H,11,12)/t3?,4-/m1/s1. The molecule has 0 bridgehead atoms. The highest BCUT2D eigenvalue weighted by atomic mass is 19.3. The number of rotatable bonds is 3. The summed E-state index contributed by atoms with van der Waals surface area (Å²) in [5, 5.41) is 18.6. The Labute approximate surface area is 67.2 Å². The third kappa shape index (κ3) is 1.82. The molecular weight excluding hydrogens is 172 g/mol. The predicted octanol–water partition coefficient (Wildman–Crippen LogP) is 0.270. The van der Waals surface area contributed by atoms with Crippen LogP contribution >= 0.6 is 0 Å². The average Bonchev–Trinajstić information content (AvgIpc) is 2.54. The van der Waals surface area contributed by atoms with Crippen LogP contribution < -0.4 is 5.32 Å². The maximum absolute atomic E-state index is 12.3. The minimum absolute atomic E-state index is 0.349. The van der Waals surface area contributed by atoms with Gasteiger partial charge in [-0.15, -0.1) is 0 Å². The first-order valence-electron chi connectivity index (χ1n) is 3.45. The number of nitrogens with one attached hydrogen (secondary N) is 1. The van der Waals surface area contributed by atoms with E-state index in [0.717, 1.165) is 0 Å². The van der Waals surface area contributed by atoms with Crippen molar-refractivity contribution in [3.8, 4) is 0 Å². The van der Waals surface area contributed by atoms with Gasteiger partial charge in [-0.05, 0) is 0 Å². The molecule has 0 spiro atoms. The second-order valence-corrected chi connectivity index (χ2v) is 2.81. The molecule has 1 aliphatic carbocycles. The molecule has 0 heterocycles. The summed E-state index contributed by atoms with van der Waals surface area (Å²) in [6, 6.07) is -1.04. The molecule has 1 amide bonds. The lowest BCUT2D eigenvalue weighted by Gasteiger charge is -2.12. The molecule has 0 aromatic rings. The van der Waals surface area contributed by atoms with Gasteiger partial charge in [0.1, 0.15) is 0 Å². The fourth-order valence-corrected chi connectivity index (χ4v) is 1.10. The van der Waals surface area contributed by atoms with E-state index in [1.807, 2.05) is 5.32 Å². The Morgan fingerprint density at radius 2 is 2.25 bits per heavy atom. The van der Waals surface area contributed by atoms with Crippen LogP contribution in [0.15, 0.2) is 0 Å². The van der Waals surface area contributed by atoms with Gasteiger partial charge in [0, 0.05) is 6.42 Å². The lowest BCUT2D eigenvalue weighted by atomic mass is 10.2. The zero-order chi connectivity index (χ0) is 9.35. The second-order valence-electron chi connectivity index (χ2n) is 2.81. The number of aliphatic hydroxyl groups excluding tert-OH is 1. The van der Waals surface area contributed by atoms with Gasteiger partial charge >= 0.3 is 6.09 Å². The Hall–Kier alpha value is -0.910. The molecule has 2 atom stereocenters. The molecule has 0 saturated heterocycles. The maximum Gasteiger partial charge on any atom is 0.404 e. The summed E-state index contributed by atoms with van der Waals surface area (Å²) in [6.07, 6.45) is -1.74. The molecule has 6 heteroatoms. The number of carbonyl (C=O) groups is 1. The zero-order valence-electron chi connectivity index (χ0n) is 6.13. The third-order valence-corrected chi connectivity index (χ3v) is 1.87. The quantitative estimate of drug-likeness (QED) is 0.585. The number of amides is 1. The summed E-state index contributed by atoms with van der Waals surface area (Å²) in [4.78, 5) is 10.0. The lowest BCUT2D eigenvalue weighted by Crippen LogP contribution is -2.39. The van der Waals surface area contributed by atoms with Crippen molar-refractivity contribution in [1.82, 2.24) is 5.32 Å². The predicted molar refractivity (Wildman–Crippen MR) is 35.1 cm³/mol. The van der Waals surface area contributed by atoms with Gasteiger partial charge in [0.2, 0.25) is 0 Å². The van der Waals surface area contributed by atoms with Gasteiger partial charge in [0.25, 0.3) is 5.92 Å². The molecule has 1 saturated carbocycles. The normalized spacial score (nSPS) is 27.8. The van der Waals surface area contributed by atoms with Gasteiger partial charge in [0.05, 0.1) is 18.6 Å². The van der Waals surface area contributed by atoms with Gasteiger partial charge in [-0.1, -0.05) is 0 Å². The van der Waals surface area contributed by atoms with E-state index in [2.05, 4.69) is 0 Å². The first kappa shape index (κ1) is 9.18. The molecular formula is C6H9F2NO3. The number of hydrogen-bond donors (Lipinski definition) is 3. The average molecular weight is 181 g/mol. The largest absolute Gasteiger partial charge is 0.465 e. The summed E-state index contributed by atoms with van der Waals surface area (Å²) in [6.45, 7) is -0.591. The summed E-state index contributed by atoms with van der Waals surface area (Å²) in [7, 11) is 0. The van der Waals surface area contributed by atoms with Crippen LogP contribution in [0.2, 0.25) is 0 Å². The van der Waals surface area contributed by atoms with Gasteiger partial charge in [-0.2, -0.15) is 0 Å². The van der Waals surface area contributed by atoms with E-state index >= 15 is 0 Å². The van der Waals surface area contributed by atoms with Crippen LogP contribution in [-0.2, 0) is 0 Å². The molecule has 70 valence electrons. The van der Waals surface area contributed by atoms with E-state index in [4.69, 9.17) is 10.2 Å². The van der Waals surface area contributed by atoms with Crippen molar-refractivity contribution >= 4 is 6.09 Å².